The second kappa shape index (κ2) is 5.49. The third-order valence-corrected chi connectivity index (χ3v) is 4.08. The van der Waals surface area contributed by atoms with Gasteiger partial charge in [0.05, 0.1) is 5.69 Å². The number of rotatable bonds is 1. The van der Waals surface area contributed by atoms with E-state index in [9.17, 15) is 4.79 Å². The van der Waals surface area contributed by atoms with Crippen LogP contribution in [0.4, 0.5) is 4.79 Å². The number of nitrogens with zero attached hydrogens (tertiary/aromatic N) is 2. The van der Waals surface area contributed by atoms with Gasteiger partial charge in [0.1, 0.15) is 5.60 Å². The standard InChI is InChI=1S/C14H22N2O2S/c1-10-9-19-15-12(10)11-5-7-16(8-6-11)13(17)18-14(2,3)4/h9,11H,5-8H2,1-4H3. The molecule has 2 rings (SSSR count). The molecule has 0 aliphatic carbocycles. The van der Waals surface area contributed by atoms with E-state index in [1.807, 2.05) is 25.7 Å². The summed E-state index contributed by atoms with van der Waals surface area (Å²) in [4.78, 5) is 13.8. The largest absolute Gasteiger partial charge is 0.444 e. The maximum Gasteiger partial charge on any atom is 0.410 e. The Morgan fingerprint density at radius 3 is 2.53 bits per heavy atom. The van der Waals surface area contributed by atoms with Crippen LogP contribution in [0.15, 0.2) is 5.38 Å². The summed E-state index contributed by atoms with van der Waals surface area (Å²) in [6, 6.07) is 0. The van der Waals surface area contributed by atoms with Crippen molar-refractivity contribution in [3.63, 3.8) is 0 Å². The van der Waals surface area contributed by atoms with Gasteiger partial charge < -0.3 is 9.64 Å². The average Bonchev–Trinajstić information content (AvgIpc) is 2.73. The second-order valence-electron chi connectivity index (χ2n) is 6.12. The molecule has 0 atom stereocenters. The molecule has 19 heavy (non-hydrogen) atoms. The first-order valence-electron chi connectivity index (χ1n) is 6.75. The molecule has 1 saturated heterocycles. The summed E-state index contributed by atoms with van der Waals surface area (Å²) < 4.78 is 9.88. The fourth-order valence-electron chi connectivity index (χ4n) is 2.35. The van der Waals surface area contributed by atoms with E-state index in [0.717, 1.165) is 25.9 Å². The van der Waals surface area contributed by atoms with Crippen LogP contribution >= 0.6 is 11.5 Å². The quantitative estimate of drug-likeness (QED) is 0.791. The molecule has 5 heteroatoms. The summed E-state index contributed by atoms with van der Waals surface area (Å²) in [5, 5.41) is 2.09. The van der Waals surface area contributed by atoms with Crippen molar-refractivity contribution in [1.29, 1.82) is 0 Å². The first-order valence-corrected chi connectivity index (χ1v) is 7.59. The van der Waals surface area contributed by atoms with Crippen molar-refractivity contribution in [3.05, 3.63) is 16.6 Å². The Labute approximate surface area is 118 Å². The predicted molar refractivity (Wildman–Crippen MR) is 76.6 cm³/mol. The van der Waals surface area contributed by atoms with Crippen LogP contribution in [0, 0.1) is 6.92 Å². The molecule has 1 aromatic heterocycles. The van der Waals surface area contributed by atoms with E-state index >= 15 is 0 Å². The number of ether oxygens (including phenoxy) is 1. The third kappa shape index (κ3) is 3.69. The first-order chi connectivity index (χ1) is 8.87. The Bertz CT molecular complexity index is 443. The van der Waals surface area contributed by atoms with Crippen LogP contribution in [-0.4, -0.2) is 34.1 Å². The maximum absolute atomic E-state index is 12.0. The topological polar surface area (TPSA) is 42.4 Å². The van der Waals surface area contributed by atoms with Crippen LogP contribution in [0.5, 0.6) is 0 Å². The molecular formula is C14H22N2O2S. The second-order valence-corrected chi connectivity index (χ2v) is 6.75. The summed E-state index contributed by atoms with van der Waals surface area (Å²) in [5.74, 6) is 0.491. The highest BCUT2D eigenvalue weighted by molar-refractivity contribution is 7.03. The molecule has 0 spiro atoms. The number of hydrogen-bond acceptors (Lipinski definition) is 4. The molecule has 1 aliphatic heterocycles. The number of amides is 1. The molecule has 0 aromatic carbocycles. The average molecular weight is 282 g/mol. The molecule has 0 saturated carbocycles. The highest BCUT2D eigenvalue weighted by atomic mass is 32.1. The van der Waals surface area contributed by atoms with Crippen LogP contribution in [0.1, 0.15) is 50.8 Å². The highest BCUT2D eigenvalue weighted by Gasteiger charge is 2.28. The van der Waals surface area contributed by atoms with Gasteiger partial charge in [-0.05, 0) is 57.6 Å². The number of piperidine rings is 1. The Hall–Kier alpha value is -1.10. The van der Waals surface area contributed by atoms with Crippen molar-refractivity contribution >= 4 is 17.6 Å². The van der Waals surface area contributed by atoms with Gasteiger partial charge in [0.2, 0.25) is 0 Å². The van der Waals surface area contributed by atoms with Gasteiger partial charge in [-0.1, -0.05) is 0 Å². The minimum atomic E-state index is -0.417. The summed E-state index contributed by atoms with van der Waals surface area (Å²) in [6.45, 7) is 9.33. The lowest BCUT2D eigenvalue weighted by Crippen LogP contribution is -2.41. The van der Waals surface area contributed by atoms with Crippen LogP contribution in [0.3, 0.4) is 0 Å². The number of aryl methyl sites for hydroxylation is 1. The fourth-order valence-corrected chi connectivity index (χ4v) is 3.09. The van der Waals surface area contributed by atoms with E-state index in [4.69, 9.17) is 4.74 Å². The van der Waals surface area contributed by atoms with Crippen molar-refractivity contribution in [2.75, 3.05) is 13.1 Å². The molecule has 1 fully saturated rings. The Balaban J connectivity index is 1.89. The first kappa shape index (κ1) is 14.3. The zero-order chi connectivity index (χ0) is 14.0. The van der Waals surface area contributed by atoms with Gasteiger partial charge >= 0.3 is 6.09 Å². The van der Waals surface area contributed by atoms with E-state index in [2.05, 4.69) is 16.7 Å². The predicted octanol–water partition coefficient (Wildman–Crippen LogP) is 3.57. The SMILES string of the molecule is Cc1csnc1C1CCN(C(=O)OC(C)(C)C)CC1. The molecule has 1 amide bonds. The van der Waals surface area contributed by atoms with Crippen LogP contribution in [-0.2, 0) is 4.74 Å². The lowest BCUT2D eigenvalue weighted by atomic mass is 9.92. The van der Waals surface area contributed by atoms with Crippen molar-refractivity contribution in [3.8, 4) is 0 Å². The number of hydrogen-bond donors (Lipinski definition) is 0. The van der Waals surface area contributed by atoms with E-state index < -0.39 is 5.60 Å². The molecular weight excluding hydrogens is 260 g/mol. The van der Waals surface area contributed by atoms with Gasteiger partial charge in [-0.2, -0.15) is 4.37 Å². The summed E-state index contributed by atoms with van der Waals surface area (Å²) >= 11 is 1.52. The van der Waals surface area contributed by atoms with Gasteiger partial charge in [-0.15, -0.1) is 0 Å². The molecule has 2 heterocycles. The molecule has 106 valence electrons. The number of aromatic nitrogens is 1. The summed E-state index contributed by atoms with van der Waals surface area (Å²) in [5.41, 5.74) is 2.08. The maximum atomic E-state index is 12.0. The van der Waals surface area contributed by atoms with E-state index in [1.165, 1.54) is 22.8 Å². The number of likely N-dealkylation sites (tertiary alicyclic amines) is 1. The van der Waals surface area contributed by atoms with E-state index in [-0.39, 0.29) is 6.09 Å². The minimum Gasteiger partial charge on any atom is -0.444 e. The van der Waals surface area contributed by atoms with Crippen LogP contribution < -0.4 is 0 Å². The van der Waals surface area contributed by atoms with Crippen molar-refractivity contribution in [1.82, 2.24) is 9.27 Å². The van der Waals surface area contributed by atoms with Gasteiger partial charge in [0, 0.05) is 24.4 Å². The van der Waals surface area contributed by atoms with Crippen molar-refractivity contribution < 1.29 is 9.53 Å². The molecule has 1 aliphatic rings. The normalized spacial score (nSPS) is 17.6. The summed E-state index contributed by atoms with van der Waals surface area (Å²) in [6.07, 6.45) is 1.76. The monoisotopic (exact) mass is 282 g/mol. The Morgan fingerprint density at radius 1 is 1.42 bits per heavy atom. The van der Waals surface area contributed by atoms with E-state index in [0.29, 0.717) is 5.92 Å². The third-order valence-electron chi connectivity index (χ3n) is 3.32. The van der Waals surface area contributed by atoms with Gasteiger partial charge in [0.25, 0.3) is 0 Å². The van der Waals surface area contributed by atoms with Crippen molar-refractivity contribution in [2.45, 2.75) is 52.1 Å². The highest BCUT2D eigenvalue weighted by Crippen LogP contribution is 2.30. The zero-order valence-corrected chi connectivity index (χ0v) is 12.9. The molecule has 1 aromatic rings. The lowest BCUT2D eigenvalue weighted by Gasteiger charge is -2.33. The molecule has 0 radical (unpaired) electrons. The smallest absolute Gasteiger partial charge is 0.410 e. The molecule has 4 nitrogen and oxygen atoms in total. The van der Waals surface area contributed by atoms with Crippen LogP contribution in [0.2, 0.25) is 0 Å². The number of carbonyl (C=O) groups excluding carboxylic acids is 1. The molecule has 0 unspecified atom stereocenters. The summed E-state index contributed by atoms with van der Waals surface area (Å²) in [7, 11) is 0. The Morgan fingerprint density at radius 2 is 2.05 bits per heavy atom. The van der Waals surface area contributed by atoms with E-state index in [1.54, 1.807) is 0 Å². The number of carbonyl (C=O) groups is 1. The zero-order valence-electron chi connectivity index (χ0n) is 12.1. The molecule has 0 N–H and O–H groups in total. The lowest BCUT2D eigenvalue weighted by molar-refractivity contribution is 0.0204. The van der Waals surface area contributed by atoms with Crippen LogP contribution in [0.25, 0.3) is 0 Å². The minimum absolute atomic E-state index is 0.194. The molecule has 0 bridgehead atoms. The van der Waals surface area contributed by atoms with Crippen molar-refractivity contribution in [2.24, 2.45) is 0 Å². The van der Waals surface area contributed by atoms with Gasteiger partial charge in [-0.3, -0.25) is 0 Å². The van der Waals surface area contributed by atoms with Gasteiger partial charge in [-0.25, -0.2) is 4.79 Å². The fraction of sp³-hybridized carbons (Fsp3) is 0.714. The Kier molecular flexibility index (Phi) is 4.13. The van der Waals surface area contributed by atoms with Gasteiger partial charge in [0.15, 0.2) is 0 Å².